The Hall–Kier alpha value is -1.00. The van der Waals surface area contributed by atoms with Crippen LogP contribution in [0, 0.1) is 17.6 Å². The van der Waals surface area contributed by atoms with Crippen LogP contribution in [0.25, 0.3) is 0 Å². The molecular weight excluding hydrogens is 200 g/mol. The third-order valence-corrected chi connectivity index (χ3v) is 2.38. The zero-order chi connectivity index (χ0) is 11.6. The van der Waals surface area contributed by atoms with Crippen LogP contribution in [-0.2, 0) is 0 Å². The molecule has 2 nitrogen and oxygen atoms in total. The fourth-order valence-corrected chi connectivity index (χ4v) is 1.33. The van der Waals surface area contributed by atoms with E-state index in [0.717, 1.165) is 12.1 Å². The molecule has 1 aromatic carbocycles. The molecule has 0 radical (unpaired) electrons. The Morgan fingerprint density at radius 1 is 1.20 bits per heavy atom. The van der Waals surface area contributed by atoms with Gasteiger partial charge < -0.3 is 10.8 Å². The predicted molar refractivity (Wildman–Crippen MR) is 54.1 cm³/mol. The topological polar surface area (TPSA) is 46.2 Å². The minimum absolute atomic E-state index is 0.0342. The fraction of sp³-hybridized carbons (Fsp3) is 0.455. The second-order valence-electron chi connectivity index (χ2n) is 3.93. The lowest BCUT2D eigenvalue weighted by atomic mass is 9.94. The summed E-state index contributed by atoms with van der Waals surface area (Å²) >= 11 is 0. The lowest BCUT2D eigenvalue weighted by molar-refractivity contribution is 0.0978. The highest BCUT2D eigenvalue weighted by atomic mass is 19.2. The monoisotopic (exact) mass is 215 g/mol. The molecule has 3 N–H and O–H groups in total. The van der Waals surface area contributed by atoms with Crippen LogP contribution in [0.3, 0.4) is 0 Å². The number of rotatable bonds is 3. The van der Waals surface area contributed by atoms with Crippen molar-refractivity contribution in [3.05, 3.63) is 35.4 Å². The van der Waals surface area contributed by atoms with Gasteiger partial charge in [-0.3, -0.25) is 0 Å². The molecule has 0 aromatic heterocycles. The molecule has 0 aliphatic rings. The van der Waals surface area contributed by atoms with E-state index in [1.807, 2.05) is 13.8 Å². The van der Waals surface area contributed by atoms with Crippen LogP contribution < -0.4 is 5.73 Å². The van der Waals surface area contributed by atoms with Crippen LogP contribution in [0.15, 0.2) is 18.2 Å². The van der Waals surface area contributed by atoms with E-state index in [9.17, 15) is 13.9 Å². The molecule has 1 rings (SSSR count). The number of halogens is 2. The van der Waals surface area contributed by atoms with E-state index in [2.05, 4.69) is 0 Å². The van der Waals surface area contributed by atoms with E-state index in [1.54, 1.807) is 0 Å². The third-order valence-electron chi connectivity index (χ3n) is 2.38. The van der Waals surface area contributed by atoms with E-state index in [4.69, 9.17) is 5.73 Å². The molecule has 0 bridgehead atoms. The van der Waals surface area contributed by atoms with Crippen molar-refractivity contribution in [2.75, 3.05) is 0 Å². The normalized spacial score (nSPS) is 15.4. The Labute approximate surface area is 87.7 Å². The van der Waals surface area contributed by atoms with E-state index >= 15 is 0 Å². The first kappa shape index (κ1) is 12.1. The molecule has 0 saturated carbocycles. The maximum Gasteiger partial charge on any atom is 0.159 e. The van der Waals surface area contributed by atoms with Gasteiger partial charge in [-0.2, -0.15) is 0 Å². The summed E-state index contributed by atoms with van der Waals surface area (Å²) in [5, 5.41) is 9.67. The van der Waals surface area contributed by atoms with Gasteiger partial charge in [0, 0.05) is 0 Å². The highest BCUT2D eigenvalue weighted by Crippen LogP contribution is 2.21. The average Bonchev–Trinajstić information content (AvgIpc) is 2.19. The number of aliphatic hydroxyl groups excluding tert-OH is 1. The van der Waals surface area contributed by atoms with Crippen LogP contribution >= 0.6 is 0 Å². The molecule has 0 heterocycles. The van der Waals surface area contributed by atoms with Gasteiger partial charge in [0.1, 0.15) is 0 Å². The molecule has 1 aromatic rings. The van der Waals surface area contributed by atoms with Crippen molar-refractivity contribution >= 4 is 0 Å². The van der Waals surface area contributed by atoms with E-state index in [-0.39, 0.29) is 5.92 Å². The van der Waals surface area contributed by atoms with Crippen LogP contribution in [0.2, 0.25) is 0 Å². The van der Waals surface area contributed by atoms with Gasteiger partial charge in [-0.15, -0.1) is 0 Å². The van der Waals surface area contributed by atoms with Crippen LogP contribution in [0.5, 0.6) is 0 Å². The Morgan fingerprint density at radius 3 is 2.27 bits per heavy atom. The SMILES string of the molecule is CC(C)[C@@H](O)[C@@H](N)c1ccc(F)c(F)c1. The first-order chi connectivity index (χ1) is 6.93. The summed E-state index contributed by atoms with van der Waals surface area (Å²) in [6.07, 6.45) is -0.769. The molecule has 0 amide bonds. The molecule has 0 saturated heterocycles. The molecule has 0 aliphatic carbocycles. The number of benzene rings is 1. The summed E-state index contributed by atoms with van der Waals surface area (Å²) in [7, 11) is 0. The van der Waals surface area contributed by atoms with Gasteiger partial charge in [-0.1, -0.05) is 19.9 Å². The van der Waals surface area contributed by atoms with Crippen molar-refractivity contribution in [2.24, 2.45) is 11.7 Å². The summed E-state index contributed by atoms with van der Waals surface area (Å²) in [6.45, 7) is 3.62. The Bertz CT molecular complexity index is 341. The van der Waals surface area contributed by atoms with E-state index in [1.165, 1.54) is 6.07 Å². The number of aliphatic hydroxyl groups is 1. The molecule has 0 fully saturated rings. The van der Waals surface area contributed by atoms with Crippen molar-refractivity contribution in [1.82, 2.24) is 0 Å². The van der Waals surface area contributed by atoms with E-state index in [0.29, 0.717) is 5.56 Å². The molecule has 0 unspecified atom stereocenters. The standard InChI is InChI=1S/C11H15F2NO/c1-6(2)11(15)10(14)7-3-4-8(12)9(13)5-7/h3-6,10-11,15H,14H2,1-2H3/t10-,11+/m0/s1. The molecule has 84 valence electrons. The van der Waals surface area contributed by atoms with Crippen molar-refractivity contribution in [1.29, 1.82) is 0 Å². The molecule has 0 aliphatic heterocycles. The summed E-state index contributed by atoms with van der Waals surface area (Å²) in [6, 6.07) is 2.72. The number of nitrogens with two attached hydrogens (primary N) is 1. The second-order valence-corrected chi connectivity index (χ2v) is 3.93. The van der Waals surface area contributed by atoms with Gasteiger partial charge >= 0.3 is 0 Å². The zero-order valence-corrected chi connectivity index (χ0v) is 8.74. The van der Waals surface area contributed by atoms with Crippen molar-refractivity contribution < 1.29 is 13.9 Å². The van der Waals surface area contributed by atoms with Gasteiger partial charge in [0.25, 0.3) is 0 Å². The fourth-order valence-electron chi connectivity index (χ4n) is 1.33. The Kier molecular flexibility index (Phi) is 3.77. The number of hydrogen-bond acceptors (Lipinski definition) is 2. The molecule has 2 atom stereocenters. The molecular formula is C11H15F2NO. The Morgan fingerprint density at radius 2 is 1.80 bits per heavy atom. The van der Waals surface area contributed by atoms with Gasteiger partial charge in [-0.05, 0) is 23.6 Å². The summed E-state index contributed by atoms with van der Waals surface area (Å²) in [5.41, 5.74) is 6.12. The summed E-state index contributed by atoms with van der Waals surface area (Å²) < 4.78 is 25.5. The predicted octanol–water partition coefficient (Wildman–Crippen LogP) is 1.98. The highest BCUT2D eigenvalue weighted by Gasteiger charge is 2.20. The first-order valence-corrected chi connectivity index (χ1v) is 4.82. The van der Waals surface area contributed by atoms with Crippen LogP contribution in [0.1, 0.15) is 25.5 Å². The minimum Gasteiger partial charge on any atom is -0.391 e. The maximum atomic E-state index is 12.9. The smallest absolute Gasteiger partial charge is 0.159 e. The lowest BCUT2D eigenvalue weighted by Gasteiger charge is -2.22. The first-order valence-electron chi connectivity index (χ1n) is 4.82. The molecule has 0 spiro atoms. The summed E-state index contributed by atoms with van der Waals surface area (Å²) in [5.74, 6) is -1.89. The Balaban J connectivity index is 2.91. The third kappa shape index (κ3) is 2.73. The highest BCUT2D eigenvalue weighted by molar-refractivity contribution is 5.22. The zero-order valence-electron chi connectivity index (χ0n) is 8.74. The second kappa shape index (κ2) is 4.68. The van der Waals surface area contributed by atoms with Crippen molar-refractivity contribution in [2.45, 2.75) is 26.0 Å². The van der Waals surface area contributed by atoms with Crippen LogP contribution in [-0.4, -0.2) is 11.2 Å². The van der Waals surface area contributed by atoms with E-state index < -0.39 is 23.8 Å². The molecule has 15 heavy (non-hydrogen) atoms. The maximum absolute atomic E-state index is 12.9. The van der Waals surface area contributed by atoms with Crippen molar-refractivity contribution in [3.8, 4) is 0 Å². The van der Waals surface area contributed by atoms with Gasteiger partial charge in [0.05, 0.1) is 12.1 Å². The quantitative estimate of drug-likeness (QED) is 0.809. The summed E-state index contributed by atoms with van der Waals surface area (Å²) in [4.78, 5) is 0. The largest absolute Gasteiger partial charge is 0.391 e. The van der Waals surface area contributed by atoms with Crippen LogP contribution in [0.4, 0.5) is 8.78 Å². The van der Waals surface area contributed by atoms with Gasteiger partial charge in [-0.25, -0.2) is 8.78 Å². The van der Waals surface area contributed by atoms with Crippen molar-refractivity contribution in [3.63, 3.8) is 0 Å². The lowest BCUT2D eigenvalue weighted by Crippen LogP contribution is -2.30. The number of hydrogen-bond donors (Lipinski definition) is 2. The molecule has 4 heteroatoms. The van der Waals surface area contributed by atoms with Gasteiger partial charge in [0.2, 0.25) is 0 Å². The van der Waals surface area contributed by atoms with Gasteiger partial charge in [0.15, 0.2) is 11.6 Å². The average molecular weight is 215 g/mol. The minimum atomic E-state index is -0.945.